The number of carbonyl (C=O) groups is 1. The van der Waals surface area contributed by atoms with Crippen molar-refractivity contribution in [1.29, 1.82) is 0 Å². The van der Waals surface area contributed by atoms with E-state index in [1.807, 2.05) is 18.2 Å². The van der Waals surface area contributed by atoms with Crippen LogP contribution in [0.3, 0.4) is 0 Å². The Hall–Kier alpha value is -1.39. The second-order valence-corrected chi connectivity index (χ2v) is 5.42. The van der Waals surface area contributed by atoms with Gasteiger partial charge in [0.1, 0.15) is 0 Å². The van der Waals surface area contributed by atoms with E-state index in [2.05, 4.69) is 21.6 Å². The molecule has 4 heteroatoms. The minimum Gasteiger partial charge on any atom is -0.326 e. The third kappa shape index (κ3) is 4.94. The third-order valence-corrected chi connectivity index (χ3v) is 3.70. The van der Waals surface area contributed by atoms with E-state index in [1.54, 1.807) is 6.92 Å². The van der Waals surface area contributed by atoms with E-state index in [9.17, 15) is 4.79 Å². The van der Waals surface area contributed by atoms with Gasteiger partial charge in [0.15, 0.2) is 0 Å². The lowest BCUT2D eigenvalue weighted by Crippen LogP contribution is -2.35. The van der Waals surface area contributed by atoms with Crippen molar-refractivity contribution in [2.75, 3.05) is 31.5 Å². The van der Waals surface area contributed by atoms with Crippen molar-refractivity contribution in [3.05, 3.63) is 29.8 Å². The van der Waals surface area contributed by atoms with Gasteiger partial charge >= 0.3 is 0 Å². The predicted molar refractivity (Wildman–Crippen MR) is 82.7 cm³/mol. The number of anilines is 1. The molecule has 1 amide bonds. The van der Waals surface area contributed by atoms with Gasteiger partial charge in [-0.3, -0.25) is 4.79 Å². The molecule has 0 bridgehead atoms. The highest BCUT2D eigenvalue weighted by Crippen LogP contribution is 2.14. The normalized spacial score (nSPS) is 16.1. The van der Waals surface area contributed by atoms with Gasteiger partial charge in [-0.05, 0) is 37.6 Å². The Morgan fingerprint density at radius 1 is 1.20 bits per heavy atom. The van der Waals surface area contributed by atoms with Gasteiger partial charge in [0, 0.05) is 32.2 Å². The Bertz CT molecular complexity index is 427. The molecule has 2 N–H and O–H groups in total. The van der Waals surface area contributed by atoms with Gasteiger partial charge in [0.25, 0.3) is 0 Å². The zero-order valence-corrected chi connectivity index (χ0v) is 12.3. The summed E-state index contributed by atoms with van der Waals surface area (Å²) < 4.78 is 0. The SMILES string of the molecule is CC(=O)Nc1ccccc1CNCCN1CCCCC1. The highest BCUT2D eigenvalue weighted by Gasteiger charge is 2.09. The number of nitrogens with one attached hydrogen (secondary N) is 2. The first-order valence-electron chi connectivity index (χ1n) is 7.54. The van der Waals surface area contributed by atoms with E-state index in [0.717, 1.165) is 30.9 Å². The van der Waals surface area contributed by atoms with Crippen LogP contribution >= 0.6 is 0 Å². The van der Waals surface area contributed by atoms with Gasteiger partial charge in [0.2, 0.25) is 5.91 Å². The van der Waals surface area contributed by atoms with Crippen molar-refractivity contribution in [3.63, 3.8) is 0 Å². The largest absolute Gasteiger partial charge is 0.326 e. The molecule has 1 aromatic carbocycles. The highest BCUT2D eigenvalue weighted by molar-refractivity contribution is 5.89. The molecule has 110 valence electrons. The van der Waals surface area contributed by atoms with Crippen LogP contribution in [0.4, 0.5) is 5.69 Å². The number of hydrogen-bond donors (Lipinski definition) is 2. The number of piperidine rings is 1. The summed E-state index contributed by atoms with van der Waals surface area (Å²) in [4.78, 5) is 13.7. The third-order valence-electron chi connectivity index (χ3n) is 3.70. The Kier molecular flexibility index (Phi) is 6.02. The molecule has 1 aliphatic rings. The fourth-order valence-corrected chi connectivity index (χ4v) is 2.63. The zero-order valence-electron chi connectivity index (χ0n) is 12.3. The fourth-order valence-electron chi connectivity index (χ4n) is 2.63. The van der Waals surface area contributed by atoms with Gasteiger partial charge in [0.05, 0.1) is 0 Å². The van der Waals surface area contributed by atoms with Crippen LogP contribution in [0.5, 0.6) is 0 Å². The molecule has 1 heterocycles. The monoisotopic (exact) mass is 275 g/mol. The highest BCUT2D eigenvalue weighted by atomic mass is 16.1. The molecule has 1 saturated heterocycles. The quantitative estimate of drug-likeness (QED) is 0.782. The first kappa shape index (κ1) is 15.0. The second kappa shape index (κ2) is 8.02. The Morgan fingerprint density at radius 3 is 2.70 bits per heavy atom. The zero-order chi connectivity index (χ0) is 14.2. The van der Waals surface area contributed by atoms with E-state index >= 15 is 0 Å². The maximum atomic E-state index is 11.2. The minimum atomic E-state index is -0.0224. The van der Waals surface area contributed by atoms with E-state index < -0.39 is 0 Å². The van der Waals surface area contributed by atoms with Crippen LogP contribution < -0.4 is 10.6 Å². The lowest BCUT2D eigenvalue weighted by atomic mass is 10.1. The van der Waals surface area contributed by atoms with Gasteiger partial charge in [-0.2, -0.15) is 0 Å². The molecule has 1 aromatic rings. The lowest BCUT2D eigenvalue weighted by Gasteiger charge is -2.26. The standard InChI is InChI=1S/C16H25N3O/c1-14(20)18-16-8-4-3-7-15(16)13-17-9-12-19-10-5-2-6-11-19/h3-4,7-8,17H,2,5-6,9-13H2,1H3,(H,18,20). The summed E-state index contributed by atoms with van der Waals surface area (Å²) in [5, 5.41) is 6.34. The van der Waals surface area contributed by atoms with E-state index in [1.165, 1.54) is 32.4 Å². The topological polar surface area (TPSA) is 44.4 Å². The molecule has 1 fully saturated rings. The molecule has 1 aliphatic heterocycles. The first-order valence-corrected chi connectivity index (χ1v) is 7.54. The number of benzene rings is 1. The van der Waals surface area contributed by atoms with Gasteiger partial charge in [-0.1, -0.05) is 24.6 Å². The maximum Gasteiger partial charge on any atom is 0.221 e. The summed E-state index contributed by atoms with van der Waals surface area (Å²) in [5.41, 5.74) is 2.05. The fraction of sp³-hybridized carbons (Fsp3) is 0.562. The number of likely N-dealkylation sites (tertiary alicyclic amines) is 1. The molecule has 0 spiro atoms. The van der Waals surface area contributed by atoms with Crippen molar-refractivity contribution in [3.8, 4) is 0 Å². The van der Waals surface area contributed by atoms with Crippen LogP contribution in [-0.2, 0) is 11.3 Å². The number of nitrogens with zero attached hydrogens (tertiary/aromatic N) is 1. The molecular weight excluding hydrogens is 250 g/mol. The first-order chi connectivity index (χ1) is 9.75. The molecule has 0 atom stereocenters. The summed E-state index contributed by atoms with van der Waals surface area (Å²) in [6.45, 7) is 6.93. The average molecular weight is 275 g/mol. The van der Waals surface area contributed by atoms with Crippen molar-refractivity contribution in [2.45, 2.75) is 32.7 Å². The Morgan fingerprint density at radius 2 is 1.95 bits per heavy atom. The average Bonchev–Trinajstić information content (AvgIpc) is 2.46. The molecule has 20 heavy (non-hydrogen) atoms. The molecule has 0 aromatic heterocycles. The predicted octanol–water partition coefficient (Wildman–Crippen LogP) is 2.22. The molecule has 0 unspecified atom stereocenters. The summed E-state index contributed by atoms with van der Waals surface area (Å²) in [6.07, 6.45) is 4.06. The van der Waals surface area contributed by atoms with Gasteiger partial charge in [-0.15, -0.1) is 0 Å². The van der Waals surface area contributed by atoms with Crippen molar-refractivity contribution in [2.24, 2.45) is 0 Å². The molecule has 2 rings (SSSR count). The van der Waals surface area contributed by atoms with Crippen LogP contribution in [0.15, 0.2) is 24.3 Å². The molecule has 4 nitrogen and oxygen atoms in total. The van der Waals surface area contributed by atoms with E-state index in [4.69, 9.17) is 0 Å². The summed E-state index contributed by atoms with van der Waals surface area (Å²) >= 11 is 0. The lowest BCUT2D eigenvalue weighted by molar-refractivity contribution is -0.114. The second-order valence-electron chi connectivity index (χ2n) is 5.42. The Labute approximate surface area is 121 Å². The minimum absolute atomic E-state index is 0.0224. The van der Waals surface area contributed by atoms with Crippen molar-refractivity contribution >= 4 is 11.6 Å². The van der Waals surface area contributed by atoms with Crippen molar-refractivity contribution in [1.82, 2.24) is 10.2 Å². The van der Waals surface area contributed by atoms with Crippen LogP contribution in [0.2, 0.25) is 0 Å². The van der Waals surface area contributed by atoms with Crippen LogP contribution in [-0.4, -0.2) is 37.0 Å². The van der Waals surface area contributed by atoms with E-state index in [0.29, 0.717) is 0 Å². The summed E-state index contributed by atoms with van der Waals surface area (Å²) in [6, 6.07) is 7.96. The smallest absolute Gasteiger partial charge is 0.221 e. The van der Waals surface area contributed by atoms with Gasteiger partial charge in [-0.25, -0.2) is 0 Å². The van der Waals surface area contributed by atoms with Crippen LogP contribution in [0.25, 0.3) is 0 Å². The molecule has 0 saturated carbocycles. The number of hydrogen-bond acceptors (Lipinski definition) is 3. The van der Waals surface area contributed by atoms with Gasteiger partial charge < -0.3 is 15.5 Å². The number of carbonyl (C=O) groups excluding carboxylic acids is 1. The number of rotatable bonds is 6. The summed E-state index contributed by atoms with van der Waals surface area (Å²) in [7, 11) is 0. The Balaban J connectivity index is 1.74. The van der Waals surface area contributed by atoms with Crippen LogP contribution in [0.1, 0.15) is 31.7 Å². The molecule has 0 radical (unpaired) electrons. The van der Waals surface area contributed by atoms with Crippen molar-refractivity contribution < 1.29 is 4.79 Å². The molecule has 0 aliphatic carbocycles. The number of para-hydroxylation sites is 1. The molecular formula is C16H25N3O. The number of amides is 1. The van der Waals surface area contributed by atoms with Crippen LogP contribution in [0, 0.1) is 0 Å². The van der Waals surface area contributed by atoms with E-state index in [-0.39, 0.29) is 5.91 Å². The maximum absolute atomic E-state index is 11.2. The summed E-state index contributed by atoms with van der Waals surface area (Å²) in [5.74, 6) is -0.0224.